The molecule has 1 N–H and O–H groups in total. The van der Waals surface area contributed by atoms with E-state index in [1.54, 1.807) is 32.4 Å². The van der Waals surface area contributed by atoms with Crippen molar-refractivity contribution in [2.45, 2.75) is 6.92 Å². The van der Waals surface area contributed by atoms with Crippen LogP contribution in [0.4, 0.5) is 0 Å². The zero-order chi connectivity index (χ0) is 11.3. The zero-order valence-electron chi connectivity index (χ0n) is 9.16. The second kappa shape index (κ2) is 5.24. The van der Waals surface area contributed by atoms with E-state index in [0.717, 1.165) is 0 Å². The van der Waals surface area contributed by atoms with Crippen molar-refractivity contribution < 1.29 is 14.2 Å². The van der Waals surface area contributed by atoms with Gasteiger partial charge >= 0.3 is 0 Å². The van der Waals surface area contributed by atoms with Gasteiger partial charge in [-0.1, -0.05) is 0 Å². The molecule has 1 rings (SSSR count). The van der Waals surface area contributed by atoms with Crippen molar-refractivity contribution >= 4 is 5.90 Å². The highest BCUT2D eigenvalue weighted by molar-refractivity contribution is 5.94. The molecule has 0 amide bonds. The fraction of sp³-hybridized carbons (Fsp3) is 0.364. The average molecular weight is 209 g/mol. The van der Waals surface area contributed by atoms with Gasteiger partial charge in [-0.05, 0) is 19.1 Å². The Bertz CT molecular complexity index is 350. The van der Waals surface area contributed by atoms with E-state index in [0.29, 0.717) is 23.7 Å². The first-order chi connectivity index (χ1) is 7.22. The first kappa shape index (κ1) is 11.4. The van der Waals surface area contributed by atoms with Crippen molar-refractivity contribution in [3.63, 3.8) is 0 Å². The second-order valence-corrected chi connectivity index (χ2v) is 2.83. The minimum Gasteiger partial charge on any atom is -0.497 e. The molecule has 82 valence electrons. The third kappa shape index (κ3) is 2.62. The molecular weight excluding hydrogens is 194 g/mol. The number of nitrogens with one attached hydrogen (secondary N) is 1. The molecule has 0 unspecified atom stereocenters. The van der Waals surface area contributed by atoms with Crippen molar-refractivity contribution in [2.24, 2.45) is 0 Å². The summed E-state index contributed by atoms with van der Waals surface area (Å²) < 4.78 is 15.3. The Kier molecular flexibility index (Phi) is 3.97. The van der Waals surface area contributed by atoms with Crippen LogP contribution in [-0.4, -0.2) is 26.7 Å². The van der Waals surface area contributed by atoms with E-state index in [1.807, 2.05) is 6.92 Å². The quantitative estimate of drug-likeness (QED) is 0.610. The van der Waals surface area contributed by atoms with Crippen LogP contribution in [0.25, 0.3) is 0 Å². The summed E-state index contributed by atoms with van der Waals surface area (Å²) in [7, 11) is 3.14. The number of methoxy groups -OCH3 is 2. The number of hydrogen-bond acceptors (Lipinski definition) is 4. The number of rotatable bonds is 4. The summed E-state index contributed by atoms with van der Waals surface area (Å²) in [4.78, 5) is 0. The van der Waals surface area contributed by atoms with Crippen molar-refractivity contribution in [1.82, 2.24) is 0 Å². The smallest absolute Gasteiger partial charge is 0.217 e. The molecule has 0 fully saturated rings. The molecular formula is C11H15NO3. The van der Waals surface area contributed by atoms with Gasteiger partial charge in [-0.2, -0.15) is 0 Å². The van der Waals surface area contributed by atoms with Crippen LogP contribution >= 0.6 is 0 Å². The first-order valence-corrected chi connectivity index (χ1v) is 4.66. The van der Waals surface area contributed by atoms with Gasteiger partial charge in [0.2, 0.25) is 5.90 Å². The average Bonchev–Trinajstić information content (AvgIpc) is 2.28. The summed E-state index contributed by atoms with van der Waals surface area (Å²) in [5, 5.41) is 7.66. The van der Waals surface area contributed by atoms with Crippen LogP contribution in [0.5, 0.6) is 11.5 Å². The standard InChI is InChI=1S/C11H15NO3/c1-4-15-11(12)9-6-5-8(13-2)7-10(9)14-3/h5-7,12H,4H2,1-3H3. The maximum Gasteiger partial charge on any atom is 0.217 e. The zero-order valence-corrected chi connectivity index (χ0v) is 9.16. The molecule has 0 aliphatic carbocycles. The molecule has 1 aromatic carbocycles. The molecule has 0 bridgehead atoms. The highest BCUT2D eigenvalue weighted by Gasteiger charge is 2.10. The third-order valence-corrected chi connectivity index (χ3v) is 1.94. The molecule has 0 atom stereocenters. The number of benzene rings is 1. The molecule has 0 saturated carbocycles. The van der Waals surface area contributed by atoms with Gasteiger partial charge in [0.15, 0.2) is 0 Å². The summed E-state index contributed by atoms with van der Waals surface area (Å²) >= 11 is 0. The SMILES string of the molecule is CCOC(=N)c1ccc(OC)cc1OC. The van der Waals surface area contributed by atoms with E-state index >= 15 is 0 Å². The van der Waals surface area contributed by atoms with E-state index < -0.39 is 0 Å². The molecule has 1 aromatic rings. The third-order valence-electron chi connectivity index (χ3n) is 1.94. The fourth-order valence-electron chi connectivity index (χ4n) is 1.21. The van der Waals surface area contributed by atoms with Crippen LogP contribution in [0.15, 0.2) is 18.2 Å². The van der Waals surface area contributed by atoms with Gasteiger partial charge in [0.1, 0.15) is 11.5 Å². The van der Waals surface area contributed by atoms with E-state index in [9.17, 15) is 0 Å². The minimum atomic E-state index is 0.108. The summed E-state index contributed by atoms with van der Waals surface area (Å²) in [5.74, 6) is 1.38. The second-order valence-electron chi connectivity index (χ2n) is 2.83. The highest BCUT2D eigenvalue weighted by atomic mass is 16.5. The molecule has 0 saturated heterocycles. The van der Waals surface area contributed by atoms with Crippen LogP contribution in [0.1, 0.15) is 12.5 Å². The molecule has 0 aromatic heterocycles. The predicted octanol–water partition coefficient (Wildman–Crippen LogP) is 2.07. The lowest BCUT2D eigenvalue weighted by atomic mass is 10.2. The lowest BCUT2D eigenvalue weighted by molar-refractivity contribution is 0.322. The summed E-state index contributed by atoms with van der Waals surface area (Å²) in [5.41, 5.74) is 0.625. The number of ether oxygens (including phenoxy) is 3. The van der Waals surface area contributed by atoms with E-state index in [4.69, 9.17) is 19.6 Å². The van der Waals surface area contributed by atoms with Gasteiger partial charge in [-0.15, -0.1) is 0 Å². The molecule has 15 heavy (non-hydrogen) atoms. The van der Waals surface area contributed by atoms with Gasteiger partial charge in [0.05, 0.1) is 26.4 Å². The Hall–Kier alpha value is -1.71. The van der Waals surface area contributed by atoms with Gasteiger partial charge < -0.3 is 14.2 Å². The van der Waals surface area contributed by atoms with Crippen LogP contribution in [-0.2, 0) is 4.74 Å². The summed E-state index contributed by atoms with van der Waals surface area (Å²) in [6.07, 6.45) is 0. The Morgan fingerprint density at radius 2 is 2.00 bits per heavy atom. The highest BCUT2D eigenvalue weighted by Crippen LogP contribution is 2.24. The molecule has 4 heteroatoms. The summed E-state index contributed by atoms with van der Waals surface area (Å²) in [6, 6.07) is 5.24. The lowest BCUT2D eigenvalue weighted by Gasteiger charge is -2.11. The Morgan fingerprint density at radius 1 is 1.27 bits per heavy atom. The normalized spacial score (nSPS) is 9.53. The number of hydrogen-bond donors (Lipinski definition) is 1. The Morgan fingerprint density at radius 3 is 2.53 bits per heavy atom. The van der Waals surface area contributed by atoms with Gasteiger partial charge in [0.25, 0.3) is 0 Å². The largest absolute Gasteiger partial charge is 0.497 e. The maximum absolute atomic E-state index is 7.66. The molecule has 0 heterocycles. The molecule has 0 aliphatic rings. The van der Waals surface area contributed by atoms with Crippen LogP contribution in [0.2, 0.25) is 0 Å². The van der Waals surface area contributed by atoms with E-state index in [2.05, 4.69) is 0 Å². The van der Waals surface area contributed by atoms with E-state index in [-0.39, 0.29) is 5.90 Å². The summed E-state index contributed by atoms with van der Waals surface area (Å²) in [6.45, 7) is 2.30. The Labute approximate surface area is 89.3 Å². The maximum atomic E-state index is 7.66. The van der Waals surface area contributed by atoms with Crippen molar-refractivity contribution in [1.29, 1.82) is 5.41 Å². The molecule has 4 nitrogen and oxygen atoms in total. The van der Waals surface area contributed by atoms with Gasteiger partial charge in [0, 0.05) is 6.07 Å². The fourth-order valence-corrected chi connectivity index (χ4v) is 1.21. The minimum absolute atomic E-state index is 0.108. The van der Waals surface area contributed by atoms with Crippen molar-refractivity contribution in [3.8, 4) is 11.5 Å². The monoisotopic (exact) mass is 209 g/mol. The first-order valence-electron chi connectivity index (χ1n) is 4.66. The Balaban J connectivity index is 3.02. The van der Waals surface area contributed by atoms with Crippen LogP contribution in [0.3, 0.4) is 0 Å². The van der Waals surface area contributed by atoms with Gasteiger partial charge in [-0.3, -0.25) is 5.41 Å². The van der Waals surface area contributed by atoms with Crippen LogP contribution in [0, 0.1) is 5.41 Å². The van der Waals surface area contributed by atoms with Crippen LogP contribution < -0.4 is 9.47 Å². The van der Waals surface area contributed by atoms with Gasteiger partial charge in [-0.25, -0.2) is 0 Å². The molecule has 0 spiro atoms. The van der Waals surface area contributed by atoms with Crippen molar-refractivity contribution in [2.75, 3.05) is 20.8 Å². The lowest BCUT2D eigenvalue weighted by Crippen LogP contribution is -2.06. The van der Waals surface area contributed by atoms with Crippen molar-refractivity contribution in [3.05, 3.63) is 23.8 Å². The molecule has 0 aliphatic heterocycles. The van der Waals surface area contributed by atoms with E-state index in [1.165, 1.54) is 0 Å². The predicted molar refractivity (Wildman–Crippen MR) is 58.0 cm³/mol. The molecule has 0 radical (unpaired) electrons. The topological polar surface area (TPSA) is 51.5 Å².